The SMILES string of the molecule is N#CCCn1cc(CNC2CCCc3ccccc32)c(-c2ccccc2)n1. The molecule has 0 saturated carbocycles. The minimum atomic E-state index is 0.390. The summed E-state index contributed by atoms with van der Waals surface area (Å²) in [4.78, 5) is 0. The highest BCUT2D eigenvalue weighted by atomic mass is 15.3. The number of hydrogen-bond donors (Lipinski definition) is 1. The van der Waals surface area contributed by atoms with E-state index in [4.69, 9.17) is 10.4 Å². The van der Waals surface area contributed by atoms with Crippen LogP contribution < -0.4 is 5.32 Å². The molecule has 0 spiro atoms. The highest BCUT2D eigenvalue weighted by molar-refractivity contribution is 5.62. The molecule has 2 aromatic carbocycles. The van der Waals surface area contributed by atoms with Crippen LogP contribution >= 0.6 is 0 Å². The zero-order valence-corrected chi connectivity index (χ0v) is 15.4. The smallest absolute Gasteiger partial charge is 0.0968 e. The zero-order chi connectivity index (χ0) is 18.5. The fraction of sp³-hybridized carbons (Fsp3) is 0.304. The molecule has 0 bridgehead atoms. The number of nitrogens with zero attached hydrogens (tertiary/aromatic N) is 3. The van der Waals surface area contributed by atoms with E-state index in [1.54, 1.807) is 0 Å². The third kappa shape index (κ3) is 3.94. The maximum Gasteiger partial charge on any atom is 0.0968 e. The first-order valence-corrected chi connectivity index (χ1v) is 9.65. The highest BCUT2D eigenvalue weighted by Crippen LogP contribution is 2.30. The second-order valence-electron chi connectivity index (χ2n) is 7.06. The monoisotopic (exact) mass is 356 g/mol. The van der Waals surface area contributed by atoms with Gasteiger partial charge in [-0.15, -0.1) is 0 Å². The first kappa shape index (κ1) is 17.5. The van der Waals surface area contributed by atoms with Gasteiger partial charge in [-0.2, -0.15) is 10.4 Å². The molecule has 4 nitrogen and oxygen atoms in total. The Kier molecular flexibility index (Phi) is 5.32. The number of hydrogen-bond acceptors (Lipinski definition) is 3. The minimum absolute atomic E-state index is 0.390. The van der Waals surface area contributed by atoms with Crippen molar-refractivity contribution in [2.75, 3.05) is 0 Å². The summed E-state index contributed by atoms with van der Waals surface area (Å²) in [6.45, 7) is 1.40. The van der Waals surface area contributed by atoms with Crippen LogP contribution in [-0.4, -0.2) is 9.78 Å². The molecule has 0 aliphatic heterocycles. The van der Waals surface area contributed by atoms with E-state index < -0.39 is 0 Å². The van der Waals surface area contributed by atoms with Crippen LogP contribution in [0.1, 0.15) is 42.0 Å². The van der Waals surface area contributed by atoms with Crippen molar-refractivity contribution in [2.45, 2.75) is 44.8 Å². The van der Waals surface area contributed by atoms with Gasteiger partial charge in [-0.1, -0.05) is 54.6 Å². The standard InChI is InChI=1S/C23H24N4/c24-14-7-15-27-17-20(23(26-27)19-9-2-1-3-10-19)16-25-22-13-6-11-18-8-4-5-12-21(18)22/h1-5,8-10,12,17,22,25H,6-7,11,13,15-16H2. The molecule has 1 aromatic heterocycles. The predicted molar refractivity (Wildman–Crippen MR) is 107 cm³/mol. The van der Waals surface area contributed by atoms with Gasteiger partial charge in [0, 0.05) is 29.9 Å². The Morgan fingerprint density at radius 3 is 2.78 bits per heavy atom. The Balaban J connectivity index is 1.57. The van der Waals surface area contributed by atoms with Crippen LogP contribution in [0.15, 0.2) is 60.8 Å². The molecular formula is C23H24N4. The van der Waals surface area contributed by atoms with Gasteiger partial charge in [0.2, 0.25) is 0 Å². The molecule has 27 heavy (non-hydrogen) atoms. The van der Waals surface area contributed by atoms with Gasteiger partial charge in [0.1, 0.15) is 0 Å². The van der Waals surface area contributed by atoms with Crippen molar-refractivity contribution in [1.82, 2.24) is 15.1 Å². The van der Waals surface area contributed by atoms with E-state index in [-0.39, 0.29) is 0 Å². The number of aryl methyl sites for hydroxylation is 2. The van der Waals surface area contributed by atoms with E-state index in [2.05, 4.69) is 54.0 Å². The van der Waals surface area contributed by atoms with E-state index in [0.29, 0.717) is 19.0 Å². The summed E-state index contributed by atoms with van der Waals surface area (Å²) in [5.41, 5.74) is 6.21. The maximum absolute atomic E-state index is 8.88. The number of nitriles is 1. The van der Waals surface area contributed by atoms with Crippen molar-refractivity contribution < 1.29 is 0 Å². The van der Waals surface area contributed by atoms with E-state index in [1.165, 1.54) is 36.0 Å². The predicted octanol–water partition coefficient (Wildman–Crippen LogP) is 4.63. The molecule has 1 aliphatic rings. The summed E-state index contributed by atoms with van der Waals surface area (Å²) in [6.07, 6.45) is 6.12. The Morgan fingerprint density at radius 2 is 1.93 bits per heavy atom. The molecular weight excluding hydrogens is 332 g/mol. The quantitative estimate of drug-likeness (QED) is 0.700. The van der Waals surface area contributed by atoms with Gasteiger partial charge in [-0.25, -0.2) is 0 Å². The number of aromatic nitrogens is 2. The average Bonchev–Trinajstić information content (AvgIpc) is 3.14. The number of rotatable bonds is 6. The maximum atomic E-state index is 8.88. The van der Waals surface area contributed by atoms with Gasteiger partial charge in [0.25, 0.3) is 0 Å². The van der Waals surface area contributed by atoms with Crippen molar-refractivity contribution in [3.8, 4) is 17.3 Å². The Bertz CT molecular complexity index is 937. The molecule has 0 saturated heterocycles. The van der Waals surface area contributed by atoms with Crippen molar-refractivity contribution in [2.24, 2.45) is 0 Å². The summed E-state index contributed by atoms with van der Waals surface area (Å²) >= 11 is 0. The third-order valence-corrected chi connectivity index (χ3v) is 5.25. The van der Waals surface area contributed by atoms with E-state index >= 15 is 0 Å². The Labute approximate surface area is 160 Å². The molecule has 0 amide bonds. The Morgan fingerprint density at radius 1 is 1.11 bits per heavy atom. The molecule has 1 atom stereocenters. The molecule has 1 aliphatic carbocycles. The molecule has 136 valence electrons. The molecule has 4 heteroatoms. The molecule has 3 aromatic rings. The van der Waals surface area contributed by atoms with Crippen LogP contribution in [0.3, 0.4) is 0 Å². The van der Waals surface area contributed by atoms with Gasteiger partial charge in [-0.3, -0.25) is 4.68 Å². The van der Waals surface area contributed by atoms with Crippen molar-refractivity contribution in [3.05, 3.63) is 77.5 Å². The topological polar surface area (TPSA) is 53.6 Å². The fourth-order valence-corrected chi connectivity index (χ4v) is 3.91. The summed E-state index contributed by atoms with van der Waals surface area (Å²) in [5, 5.41) is 17.4. The summed E-state index contributed by atoms with van der Waals surface area (Å²) in [6, 6.07) is 21.6. The van der Waals surface area contributed by atoms with E-state index in [1.807, 2.05) is 22.9 Å². The summed E-state index contributed by atoms with van der Waals surface area (Å²) in [7, 11) is 0. The molecule has 1 heterocycles. The first-order chi connectivity index (χ1) is 13.3. The second kappa shape index (κ2) is 8.20. The normalized spacial score (nSPS) is 15.9. The van der Waals surface area contributed by atoms with Gasteiger partial charge < -0.3 is 5.32 Å². The van der Waals surface area contributed by atoms with Crippen molar-refractivity contribution in [1.29, 1.82) is 5.26 Å². The molecule has 4 rings (SSSR count). The van der Waals surface area contributed by atoms with Crippen LogP contribution in [0, 0.1) is 11.3 Å². The third-order valence-electron chi connectivity index (χ3n) is 5.25. The van der Waals surface area contributed by atoms with Crippen LogP contribution in [0.25, 0.3) is 11.3 Å². The van der Waals surface area contributed by atoms with Gasteiger partial charge in [0.05, 0.1) is 24.7 Å². The van der Waals surface area contributed by atoms with Crippen molar-refractivity contribution in [3.63, 3.8) is 0 Å². The lowest BCUT2D eigenvalue weighted by molar-refractivity contribution is 0.459. The first-order valence-electron chi connectivity index (χ1n) is 9.65. The number of nitrogens with one attached hydrogen (secondary N) is 1. The highest BCUT2D eigenvalue weighted by Gasteiger charge is 2.20. The molecule has 0 radical (unpaired) electrons. The van der Waals surface area contributed by atoms with Crippen LogP contribution in [0.4, 0.5) is 0 Å². The van der Waals surface area contributed by atoms with Gasteiger partial charge in [-0.05, 0) is 30.4 Å². The van der Waals surface area contributed by atoms with Gasteiger partial charge >= 0.3 is 0 Å². The average molecular weight is 356 g/mol. The summed E-state index contributed by atoms with van der Waals surface area (Å²) < 4.78 is 1.90. The van der Waals surface area contributed by atoms with Gasteiger partial charge in [0.15, 0.2) is 0 Å². The number of fused-ring (bicyclic) bond motifs is 1. The number of benzene rings is 2. The lowest BCUT2D eigenvalue weighted by Gasteiger charge is -2.26. The van der Waals surface area contributed by atoms with Crippen LogP contribution in [-0.2, 0) is 19.5 Å². The lowest BCUT2D eigenvalue weighted by atomic mass is 9.87. The van der Waals surface area contributed by atoms with Crippen LogP contribution in [0.2, 0.25) is 0 Å². The van der Waals surface area contributed by atoms with E-state index in [9.17, 15) is 0 Å². The fourth-order valence-electron chi connectivity index (χ4n) is 3.91. The summed E-state index contributed by atoms with van der Waals surface area (Å²) in [5.74, 6) is 0. The lowest BCUT2D eigenvalue weighted by Crippen LogP contribution is -2.24. The molecule has 1 N–H and O–H groups in total. The second-order valence-corrected chi connectivity index (χ2v) is 7.06. The van der Waals surface area contributed by atoms with Crippen molar-refractivity contribution >= 4 is 0 Å². The Hall–Kier alpha value is -2.90. The molecule has 1 unspecified atom stereocenters. The zero-order valence-electron chi connectivity index (χ0n) is 15.4. The molecule has 0 fully saturated rings. The minimum Gasteiger partial charge on any atom is -0.306 e. The van der Waals surface area contributed by atoms with Crippen LogP contribution in [0.5, 0.6) is 0 Å². The van der Waals surface area contributed by atoms with E-state index in [0.717, 1.165) is 17.8 Å². The largest absolute Gasteiger partial charge is 0.306 e.